The molecule has 3 heteroatoms. The van der Waals surface area contributed by atoms with E-state index >= 15 is 0 Å². The second-order valence-electron chi connectivity index (χ2n) is 6.59. The van der Waals surface area contributed by atoms with Gasteiger partial charge in [0, 0.05) is 32.3 Å². The average Bonchev–Trinajstić information content (AvgIpc) is 2.64. The number of benzene rings is 2. The Bertz CT molecular complexity index is 548. The maximum atomic E-state index is 9.00. The van der Waals surface area contributed by atoms with Crippen molar-refractivity contribution in [2.45, 2.75) is 31.3 Å². The van der Waals surface area contributed by atoms with E-state index in [2.05, 4.69) is 70.9 Å². The first kappa shape index (κ1) is 17.2. The lowest BCUT2D eigenvalue weighted by molar-refractivity contribution is 0.157. The van der Waals surface area contributed by atoms with E-state index in [1.807, 2.05) is 0 Å². The first-order chi connectivity index (χ1) is 11.9. The zero-order valence-corrected chi connectivity index (χ0v) is 14.3. The van der Waals surface area contributed by atoms with Crippen molar-refractivity contribution in [1.82, 2.24) is 10.2 Å². The molecule has 0 amide bonds. The third kappa shape index (κ3) is 4.44. The van der Waals surface area contributed by atoms with Crippen LogP contribution in [-0.2, 0) is 0 Å². The summed E-state index contributed by atoms with van der Waals surface area (Å²) in [5.74, 6) is 0. The summed E-state index contributed by atoms with van der Waals surface area (Å²) in [4.78, 5) is 2.60. The van der Waals surface area contributed by atoms with E-state index in [1.54, 1.807) is 0 Å². The molecule has 1 atom stereocenters. The fourth-order valence-electron chi connectivity index (χ4n) is 3.67. The smallest absolute Gasteiger partial charge is 0.0602 e. The lowest BCUT2D eigenvalue weighted by Gasteiger charge is -2.39. The minimum absolute atomic E-state index is 0.299. The van der Waals surface area contributed by atoms with Crippen LogP contribution in [0.25, 0.3) is 0 Å². The molecular weight excluding hydrogens is 296 g/mol. The van der Waals surface area contributed by atoms with Crippen LogP contribution in [0.4, 0.5) is 0 Å². The Morgan fingerprint density at radius 3 is 2.17 bits per heavy atom. The molecule has 1 aliphatic rings. The van der Waals surface area contributed by atoms with Gasteiger partial charge in [-0.15, -0.1) is 0 Å². The largest absolute Gasteiger partial charge is 0.396 e. The summed E-state index contributed by atoms with van der Waals surface area (Å²) in [6.07, 6.45) is 3.12. The highest BCUT2D eigenvalue weighted by Crippen LogP contribution is 2.29. The summed E-state index contributed by atoms with van der Waals surface area (Å²) >= 11 is 0. The zero-order chi connectivity index (χ0) is 16.6. The Kier molecular flexibility index (Phi) is 6.41. The SMILES string of the molecule is OCCCCC1CN(C(c2ccccc2)c2ccccc2)CCN1. The van der Waals surface area contributed by atoms with Crippen LogP contribution in [0.1, 0.15) is 36.4 Å². The molecule has 1 aliphatic heterocycles. The molecule has 1 heterocycles. The Morgan fingerprint density at radius 1 is 0.958 bits per heavy atom. The van der Waals surface area contributed by atoms with E-state index in [1.165, 1.54) is 11.1 Å². The standard InChI is InChI=1S/C21H28N2O/c24-16-8-7-13-20-17-23(15-14-22-20)21(18-9-3-1-4-10-18)19-11-5-2-6-12-19/h1-6,9-12,20-22,24H,7-8,13-17H2. The molecule has 1 saturated heterocycles. The molecule has 0 saturated carbocycles. The van der Waals surface area contributed by atoms with E-state index in [0.29, 0.717) is 18.7 Å². The normalized spacial score (nSPS) is 18.8. The number of hydrogen-bond donors (Lipinski definition) is 2. The van der Waals surface area contributed by atoms with Crippen molar-refractivity contribution in [3.8, 4) is 0 Å². The Labute approximate surface area is 145 Å². The Balaban J connectivity index is 1.78. The number of hydrogen-bond acceptors (Lipinski definition) is 3. The summed E-state index contributed by atoms with van der Waals surface area (Å²) in [6.45, 7) is 3.44. The van der Waals surface area contributed by atoms with Crippen molar-refractivity contribution in [1.29, 1.82) is 0 Å². The van der Waals surface area contributed by atoms with Crippen LogP contribution in [0.5, 0.6) is 0 Å². The molecule has 2 aromatic rings. The van der Waals surface area contributed by atoms with Crippen LogP contribution in [0, 0.1) is 0 Å². The third-order valence-electron chi connectivity index (χ3n) is 4.84. The topological polar surface area (TPSA) is 35.5 Å². The van der Waals surface area contributed by atoms with Gasteiger partial charge in [-0.2, -0.15) is 0 Å². The van der Waals surface area contributed by atoms with Gasteiger partial charge < -0.3 is 10.4 Å². The van der Waals surface area contributed by atoms with Gasteiger partial charge in [0.1, 0.15) is 0 Å². The van der Waals surface area contributed by atoms with Gasteiger partial charge >= 0.3 is 0 Å². The number of aliphatic hydroxyl groups excluding tert-OH is 1. The van der Waals surface area contributed by atoms with Gasteiger partial charge in [-0.1, -0.05) is 60.7 Å². The molecule has 24 heavy (non-hydrogen) atoms. The van der Waals surface area contributed by atoms with Crippen molar-refractivity contribution in [3.63, 3.8) is 0 Å². The number of nitrogens with one attached hydrogen (secondary N) is 1. The molecule has 0 radical (unpaired) electrons. The summed E-state index contributed by atoms with van der Waals surface area (Å²) in [7, 11) is 0. The van der Waals surface area contributed by atoms with E-state index in [4.69, 9.17) is 5.11 Å². The highest BCUT2D eigenvalue weighted by atomic mass is 16.2. The van der Waals surface area contributed by atoms with Gasteiger partial charge in [0.05, 0.1) is 6.04 Å². The van der Waals surface area contributed by atoms with Gasteiger partial charge in [-0.25, -0.2) is 0 Å². The summed E-state index contributed by atoms with van der Waals surface area (Å²) < 4.78 is 0. The lowest BCUT2D eigenvalue weighted by Crippen LogP contribution is -2.51. The van der Waals surface area contributed by atoms with Crippen molar-refractivity contribution >= 4 is 0 Å². The van der Waals surface area contributed by atoms with Crippen molar-refractivity contribution < 1.29 is 5.11 Å². The minimum Gasteiger partial charge on any atom is -0.396 e. The summed E-state index contributed by atoms with van der Waals surface area (Å²) in [6, 6.07) is 22.5. The van der Waals surface area contributed by atoms with Crippen molar-refractivity contribution in [2.75, 3.05) is 26.2 Å². The van der Waals surface area contributed by atoms with Crippen LogP contribution in [0.2, 0.25) is 0 Å². The number of rotatable bonds is 7. The second kappa shape index (κ2) is 8.97. The van der Waals surface area contributed by atoms with Crippen LogP contribution in [0.15, 0.2) is 60.7 Å². The average molecular weight is 324 g/mol. The molecular formula is C21H28N2O. The van der Waals surface area contributed by atoms with E-state index in [9.17, 15) is 0 Å². The zero-order valence-electron chi connectivity index (χ0n) is 14.3. The van der Waals surface area contributed by atoms with Gasteiger partial charge in [0.2, 0.25) is 0 Å². The summed E-state index contributed by atoms with van der Waals surface area (Å²) in [5.41, 5.74) is 2.72. The van der Waals surface area contributed by atoms with E-state index < -0.39 is 0 Å². The quantitative estimate of drug-likeness (QED) is 0.768. The molecule has 0 aliphatic carbocycles. The lowest BCUT2D eigenvalue weighted by atomic mass is 9.95. The van der Waals surface area contributed by atoms with Crippen molar-refractivity contribution in [3.05, 3.63) is 71.8 Å². The molecule has 0 bridgehead atoms. The second-order valence-corrected chi connectivity index (χ2v) is 6.59. The Morgan fingerprint density at radius 2 is 1.58 bits per heavy atom. The van der Waals surface area contributed by atoms with Gasteiger partial charge in [0.15, 0.2) is 0 Å². The maximum absolute atomic E-state index is 9.00. The monoisotopic (exact) mass is 324 g/mol. The van der Waals surface area contributed by atoms with Crippen LogP contribution in [-0.4, -0.2) is 42.3 Å². The highest BCUT2D eigenvalue weighted by Gasteiger charge is 2.27. The molecule has 0 aromatic heterocycles. The van der Waals surface area contributed by atoms with E-state index in [-0.39, 0.29) is 0 Å². The number of piperazine rings is 1. The highest BCUT2D eigenvalue weighted by molar-refractivity contribution is 5.32. The fourth-order valence-corrected chi connectivity index (χ4v) is 3.67. The molecule has 0 spiro atoms. The first-order valence-electron chi connectivity index (χ1n) is 9.06. The maximum Gasteiger partial charge on any atom is 0.0602 e. The van der Waals surface area contributed by atoms with Crippen LogP contribution >= 0.6 is 0 Å². The fraction of sp³-hybridized carbons (Fsp3) is 0.429. The van der Waals surface area contributed by atoms with Crippen LogP contribution in [0.3, 0.4) is 0 Å². The molecule has 3 rings (SSSR count). The minimum atomic E-state index is 0.299. The third-order valence-corrected chi connectivity index (χ3v) is 4.84. The summed E-state index contributed by atoms with van der Waals surface area (Å²) in [5, 5.41) is 12.6. The molecule has 128 valence electrons. The molecule has 3 nitrogen and oxygen atoms in total. The molecule has 2 N–H and O–H groups in total. The number of nitrogens with zero attached hydrogens (tertiary/aromatic N) is 1. The van der Waals surface area contributed by atoms with Gasteiger partial charge in [-0.05, 0) is 30.4 Å². The van der Waals surface area contributed by atoms with Crippen LogP contribution < -0.4 is 5.32 Å². The van der Waals surface area contributed by atoms with E-state index in [0.717, 1.165) is 38.9 Å². The predicted molar refractivity (Wildman–Crippen MR) is 99.0 cm³/mol. The van der Waals surface area contributed by atoms with Crippen molar-refractivity contribution in [2.24, 2.45) is 0 Å². The Hall–Kier alpha value is -1.68. The number of aliphatic hydroxyl groups is 1. The molecule has 1 fully saturated rings. The molecule has 1 unspecified atom stereocenters. The molecule has 2 aromatic carbocycles. The predicted octanol–water partition coefficient (Wildman–Crippen LogP) is 3.21. The number of unbranched alkanes of at least 4 members (excludes halogenated alkanes) is 1. The van der Waals surface area contributed by atoms with Gasteiger partial charge in [0.25, 0.3) is 0 Å². The van der Waals surface area contributed by atoms with Gasteiger partial charge in [-0.3, -0.25) is 4.90 Å². The first-order valence-corrected chi connectivity index (χ1v) is 9.06.